The Labute approximate surface area is 426 Å². The van der Waals surface area contributed by atoms with Crippen molar-refractivity contribution in [3.8, 4) is 0 Å². The van der Waals surface area contributed by atoms with Crippen molar-refractivity contribution < 1.29 is 95.9 Å². The van der Waals surface area contributed by atoms with E-state index in [1.165, 1.54) is 31.4 Å². The fourth-order valence-electron chi connectivity index (χ4n) is 8.82. The summed E-state index contributed by atoms with van der Waals surface area (Å²) in [5.74, 6) is -2.68. The molecule has 2 aromatic carbocycles. The maximum atomic E-state index is 12.5. The van der Waals surface area contributed by atoms with E-state index in [1.807, 2.05) is 16.4 Å². The summed E-state index contributed by atoms with van der Waals surface area (Å²) in [7, 11) is -10.6. The van der Waals surface area contributed by atoms with Crippen molar-refractivity contribution >= 4 is 65.2 Å². The van der Waals surface area contributed by atoms with Crippen LogP contribution in [0.4, 0.5) is 11.4 Å². The Kier molecular flexibility index (Phi) is 21.8. The van der Waals surface area contributed by atoms with Gasteiger partial charge in [0.2, 0.25) is 5.69 Å². The molecule has 2 atom stereocenters. The third-order valence-corrected chi connectivity index (χ3v) is 15.0. The molecule has 0 aromatic heterocycles. The number of hydroxylamine groups is 2. The van der Waals surface area contributed by atoms with Gasteiger partial charge in [-0.1, -0.05) is 6.08 Å². The van der Waals surface area contributed by atoms with E-state index < -0.39 is 64.7 Å². The molecule has 0 radical (unpaired) electrons. The van der Waals surface area contributed by atoms with Crippen molar-refractivity contribution in [1.29, 1.82) is 0 Å². The Morgan fingerprint density at radius 2 is 1.23 bits per heavy atom. The first kappa shape index (κ1) is 59.3. The predicted octanol–water partition coefficient (Wildman–Crippen LogP) is 3.19. The number of hydrogen-bond donors (Lipinski definition) is 3. The first-order chi connectivity index (χ1) is 34.5. The van der Waals surface area contributed by atoms with Gasteiger partial charge in [0.15, 0.2) is 12.3 Å². The smallest absolute Gasteiger partial charge is 0.335 e. The van der Waals surface area contributed by atoms with Gasteiger partial charge in [0.05, 0.1) is 93.4 Å². The van der Waals surface area contributed by atoms with Gasteiger partial charge in [-0.3, -0.25) is 23.2 Å². The molecule has 0 spiro atoms. The summed E-state index contributed by atoms with van der Waals surface area (Å²) in [5, 5.41) is 0.450. The van der Waals surface area contributed by atoms with Crippen molar-refractivity contribution in [2.45, 2.75) is 73.0 Å². The second kappa shape index (κ2) is 26.8. The van der Waals surface area contributed by atoms with E-state index in [-0.39, 0.29) is 94.6 Å². The fourth-order valence-corrected chi connectivity index (χ4v) is 10.3. The van der Waals surface area contributed by atoms with E-state index >= 15 is 0 Å². The Bertz CT molecular complexity index is 2690. The number of fused-ring (bicyclic) bond motifs is 2. The Hall–Kier alpha value is -4.55. The maximum absolute atomic E-state index is 12.5. The number of hydrogen-bond acceptors (Lipinski definition) is 18. The number of benzene rings is 2. The summed E-state index contributed by atoms with van der Waals surface area (Å²) < 4.78 is 144. The van der Waals surface area contributed by atoms with Gasteiger partial charge in [-0.15, -0.1) is 5.06 Å². The first-order valence-corrected chi connectivity index (χ1v) is 28.0. The standard InChI is InChI=1S/C47H65N3O20S3/c1-46(16-6-32-71(54,55)56)37-33-35(72(57,58)59)9-11-39(37)48(19-23-66-26-27-68-30-31-69-29-28-67-25-24-64-4)41(46)7-5-8-42-47(2,17-21-63-3)38-34-36(73(60,61)62)10-12-40(38)49(42)18-22-65-20-15-45(53)70-50-43(51)13-14-44(50)52/h5,7-12,33-34H,6,13-32H2,1-4H3,(H2-,54,55,56,57,58,59,60,61,62)/p+1. The summed E-state index contributed by atoms with van der Waals surface area (Å²) in [6, 6.07) is 8.35. The summed E-state index contributed by atoms with van der Waals surface area (Å²) >= 11 is 0. The van der Waals surface area contributed by atoms with E-state index in [0.29, 0.717) is 85.0 Å². The number of rotatable bonds is 33. The molecule has 406 valence electrons. The van der Waals surface area contributed by atoms with Crippen molar-refractivity contribution in [3.05, 3.63) is 71.5 Å². The number of imide groups is 1. The largest absolute Gasteiger partial charge is 0.385 e. The first-order valence-electron chi connectivity index (χ1n) is 23.5. The molecule has 0 saturated carbocycles. The van der Waals surface area contributed by atoms with Crippen LogP contribution in [0.2, 0.25) is 0 Å². The topological polar surface area (TPSA) is 298 Å². The molecular formula is C47H66N3O20S3+. The van der Waals surface area contributed by atoms with Crippen molar-refractivity contribution in [2.75, 3.05) is 117 Å². The van der Waals surface area contributed by atoms with E-state index in [4.69, 9.17) is 38.0 Å². The van der Waals surface area contributed by atoms with Crippen molar-refractivity contribution in [1.82, 2.24) is 5.06 Å². The van der Waals surface area contributed by atoms with Crippen LogP contribution in [0.5, 0.6) is 0 Å². The second-order valence-corrected chi connectivity index (χ2v) is 22.0. The van der Waals surface area contributed by atoms with Gasteiger partial charge in [-0.05, 0) is 75.1 Å². The molecule has 3 aliphatic rings. The van der Waals surface area contributed by atoms with Crippen LogP contribution in [-0.4, -0.2) is 184 Å². The Morgan fingerprint density at radius 1 is 0.685 bits per heavy atom. The van der Waals surface area contributed by atoms with E-state index in [9.17, 15) is 53.3 Å². The van der Waals surface area contributed by atoms with Gasteiger partial charge < -0.3 is 42.9 Å². The summed E-state index contributed by atoms with van der Waals surface area (Å²) in [6.07, 6.45) is 5.28. The van der Waals surface area contributed by atoms with Gasteiger partial charge >= 0.3 is 5.97 Å². The molecule has 5 rings (SSSR count). The van der Waals surface area contributed by atoms with Gasteiger partial charge in [-0.2, -0.15) is 29.8 Å². The zero-order valence-corrected chi connectivity index (χ0v) is 43.8. The SMILES string of the molecule is COCCOCCOCCOCCOCC[N+]1=C(/C=C/C=C2/N(CCOCCC(=O)ON3C(=O)CCC3=O)c3ccc(S(=O)(=O)O)cc3C2(C)CCOC)C(C)(CCCS(=O)(=O)O)c2cc(S(=O)(=O)O)ccc21. The zero-order valence-electron chi connectivity index (χ0n) is 41.4. The fraction of sp³-hybridized carbons (Fsp3) is 0.574. The lowest BCUT2D eigenvalue weighted by atomic mass is 9.75. The van der Waals surface area contributed by atoms with E-state index in [2.05, 4.69) is 0 Å². The van der Waals surface area contributed by atoms with Crippen LogP contribution in [0, 0.1) is 0 Å². The molecule has 3 N–H and O–H groups in total. The van der Waals surface area contributed by atoms with Gasteiger partial charge in [-0.25, -0.2) is 4.79 Å². The number of carbonyl (C=O) groups is 3. The maximum Gasteiger partial charge on any atom is 0.335 e. The number of allylic oxidation sites excluding steroid dienone is 4. The minimum atomic E-state index is -4.69. The molecule has 2 aromatic rings. The molecule has 3 heterocycles. The van der Waals surface area contributed by atoms with Crippen LogP contribution >= 0.6 is 0 Å². The molecule has 1 fully saturated rings. The molecule has 26 heteroatoms. The normalized spacial score (nSPS) is 19.8. The zero-order chi connectivity index (χ0) is 53.5. The van der Waals surface area contributed by atoms with E-state index in [1.54, 1.807) is 44.4 Å². The molecule has 2 amide bonds. The second-order valence-electron chi connectivity index (χ2n) is 17.6. The molecule has 73 heavy (non-hydrogen) atoms. The third-order valence-electron chi connectivity index (χ3n) is 12.5. The lowest BCUT2D eigenvalue weighted by molar-refractivity contribution is -0.442. The van der Waals surface area contributed by atoms with Crippen LogP contribution in [-0.2, 0) is 93.6 Å². The molecule has 0 bridgehead atoms. The van der Waals surface area contributed by atoms with Gasteiger partial charge in [0.1, 0.15) is 6.61 Å². The summed E-state index contributed by atoms with van der Waals surface area (Å²) in [6.45, 7) is 7.21. The van der Waals surface area contributed by atoms with Crippen molar-refractivity contribution in [3.63, 3.8) is 0 Å². The van der Waals surface area contributed by atoms with Crippen LogP contribution in [0.25, 0.3) is 0 Å². The predicted molar refractivity (Wildman–Crippen MR) is 261 cm³/mol. The number of carbonyl (C=O) groups excluding carboxylic acids is 3. The van der Waals surface area contributed by atoms with Crippen molar-refractivity contribution in [2.24, 2.45) is 0 Å². The number of ether oxygens (including phenoxy) is 7. The minimum Gasteiger partial charge on any atom is -0.385 e. The number of nitrogens with zero attached hydrogens (tertiary/aromatic N) is 3. The number of amides is 2. The average molecular weight is 1090 g/mol. The van der Waals surface area contributed by atoms with Crippen LogP contribution in [0.15, 0.2) is 70.1 Å². The molecule has 23 nitrogen and oxygen atoms in total. The summed E-state index contributed by atoms with van der Waals surface area (Å²) in [4.78, 5) is 42.4. The highest BCUT2D eigenvalue weighted by atomic mass is 32.2. The van der Waals surface area contributed by atoms with Gasteiger partial charge in [0, 0.05) is 74.7 Å². The Morgan fingerprint density at radius 3 is 1.81 bits per heavy atom. The highest BCUT2D eigenvalue weighted by Gasteiger charge is 2.49. The molecular weight excluding hydrogens is 1020 g/mol. The average Bonchev–Trinajstić information content (AvgIpc) is 3.85. The molecule has 0 aliphatic carbocycles. The molecule has 1 saturated heterocycles. The lowest BCUT2D eigenvalue weighted by Gasteiger charge is -2.30. The Balaban J connectivity index is 1.46. The van der Waals surface area contributed by atoms with Crippen LogP contribution in [0.3, 0.4) is 0 Å². The quantitative estimate of drug-likeness (QED) is 0.0400. The highest BCUT2D eigenvalue weighted by molar-refractivity contribution is 7.86. The summed E-state index contributed by atoms with van der Waals surface area (Å²) in [5.41, 5.74) is 1.23. The highest BCUT2D eigenvalue weighted by Crippen LogP contribution is 2.51. The number of methoxy groups -OCH3 is 2. The number of anilines is 1. The molecule has 3 aliphatic heterocycles. The van der Waals surface area contributed by atoms with E-state index in [0.717, 1.165) is 0 Å². The van der Waals surface area contributed by atoms with Crippen LogP contribution in [0.1, 0.15) is 63.5 Å². The minimum absolute atomic E-state index is 0.0160. The third kappa shape index (κ3) is 16.2. The monoisotopic (exact) mass is 1090 g/mol. The lowest BCUT2D eigenvalue weighted by Crippen LogP contribution is -2.33. The molecule has 2 unspecified atom stereocenters. The van der Waals surface area contributed by atoms with Gasteiger partial charge in [0.25, 0.3) is 42.2 Å². The van der Waals surface area contributed by atoms with Crippen LogP contribution < -0.4 is 4.90 Å².